The van der Waals surface area contributed by atoms with Crippen LogP contribution in [0.3, 0.4) is 0 Å². The van der Waals surface area contributed by atoms with E-state index in [1.807, 2.05) is 0 Å². The molecule has 0 bridgehead atoms. The van der Waals surface area contributed by atoms with Crippen molar-refractivity contribution in [1.82, 2.24) is 0 Å². The van der Waals surface area contributed by atoms with Gasteiger partial charge in [0.05, 0.1) is 13.2 Å². The third kappa shape index (κ3) is 3.85. The zero-order valence-corrected chi connectivity index (χ0v) is 9.00. The summed E-state index contributed by atoms with van der Waals surface area (Å²) in [5.41, 5.74) is 0. The van der Waals surface area contributed by atoms with E-state index in [2.05, 4.69) is 9.47 Å². The van der Waals surface area contributed by atoms with Gasteiger partial charge in [-0.15, -0.1) is 0 Å². The Morgan fingerprint density at radius 2 is 1.44 bits per heavy atom. The second-order valence-electron chi connectivity index (χ2n) is 2.76. The lowest BCUT2D eigenvalue weighted by Gasteiger charge is -2.16. The molecule has 7 heteroatoms. The summed E-state index contributed by atoms with van der Waals surface area (Å²) in [7, 11) is 0. The number of carboxylic acids is 1. The van der Waals surface area contributed by atoms with Crippen LogP contribution in [0.15, 0.2) is 0 Å². The van der Waals surface area contributed by atoms with Crippen molar-refractivity contribution in [3.63, 3.8) is 0 Å². The summed E-state index contributed by atoms with van der Waals surface area (Å²) in [6.07, 6.45) is -2.17. The summed E-state index contributed by atoms with van der Waals surface area (Å²) in [4.78, 5) is 33.0. The topological polar surface area (TPSA) is 110 Å². The van der Waals surface area contributed by atoms with Crippen LogP contribution in [-0.4, -0.2) is 47.4 Å². The maximum atomic E-state index is 11.3. The van der Waals surface area contributed by atoms with Gasteiger partial charge in [0.15, 0.2) is 12.0 Å². The van der Waals surface area contributed by atoms with Gasteiger partial charge in [-0.25, -0.2) is 4.79 Å². The van der Waals surface area contributed by atoms with Gasteiger partial charge in [0, 0.05) is 0 Å². The molecule has 7 nitrogen and oxygen atoms in total. The molecule has 0 amide bonds. The Morgan fingerprint density at radius 1 is 1.06 bits per heavy atom. The number of aliphatic hydroxyl groups is 1. The van der Waals surface area contributed by atoms with E-state index in [4.69, 9.17) is 5.11 Å². The molecule has 0 aromatic rings. The Hall–Kier alpha value is -1.63. The monoisotopic (exact) mass is 234 g/mol. The molecule has 0 saturated carbocycles. The highest BCUT2D eigenvalue weighted by Gasteiger charge is 2.40. The molecule has 0 aliphatic rings. The molecule has 0 heterocycles. The van der Waals surface area contributed by atoms with Crippen LogP contribution in [0.25, 0.3) is 0 Å². The number of hydrogen-bond donors (Lipinski definition) is 2. The van der Waals surface area contributed by atoms with Gasteiger partial charge in [-0.05, 0) is 13.8 Å². The van der Waals surface area contributed by atoms with E-state index < -0.39 is 29.9 Å². The average Bonchev–Trinajstić information content (AvgIpc) is 2.18. The lowest BCUT2D eigenvalue weighted by atomic mass is 10.0. The summed E-state index contributed by atoms with van der Waals surface area (Å²) in [5, 5.41) is 17.7. The highest BCUT2D eigenvalue weighted by atomic mass is 16.6. The number of esters is 2. The molecule has 2 N–H and O–H groups in total. The van der Waals surface area contributed by atoms with E-state index in [0.717, 1.165) is 0 Å². The maximum Gasteiger partial charge on any atom is 0.334 e. The molecule has 0 aliphatic carbocycles. The number of aliphatic hydroxyl groups excluding tert-OH is 1. The fourth-order valence-electron chi connectivity index (χ4n) is 0.961. The fourth-order valence-corrected chi connectivity index (χ4v) is 0.961. The molecule has 0 aromatic carbocycles. The second kappa shape index (κ2) is 6.78. The Bertz CT molecular complexity index is 255. The number of carboxylic acid groups (broad SMARTS) is 1. The lowest BCUT2D eigenvalue weighted by Crippen LogP contribution is -2.42. The molecular weight excluding hydrogens is 220 g/mol. The van der Waals surface area contributed by atoms with E-state index >= 15 is 0 Å². The number of carbonyl (C=O) groups excluding carboxylic acids is 2. The zero-order valence-electron chi connectivity index (χ0n) is 9.00. The predicted octanol–water partition coefficient (Wildman–Crippen LogP) is -0.826. The van der Waals surface area contributed by atoms with E-state index in [9.17, 15) is 19.5 Å². The van der Waals surface area contributed by atoms with Gasteiger partial charge < -0.3 is 19.7 Å². The first-order valence-electron chi connectivity index (χ1n) is 4.69. The number of ether oxygens (including phenoxy) is 2. The quantitative estimate of drug-likeness (QED) is 0.456. The SMILES string of the molecule is CCOC(=O)C(C(=O)OCC)C(O)C(=O)O. The summed E-state index contributed by atoms with van der Waals surface area (Å²) in [6, 6.07) is 0. The predicted molar refractivity (Wildman–Crippen MR) is 50.4 cm³/mol. The number of carbonyl (C=O) groups is 3. The normalized spacial score (nSPS) is 12.0. The van der Waals surface area contributed by atoms with Gasteiger partial charge in [0.2, 0.25) is 0 Å². The average molecular weight is 234 g/mol. The Kier molecular flexibility index (Phi) is 6.09. The van der Waals surface area contributed by atoms with Gasteiger partial charge in [-0.1, -0.05) is 0 Å². The van der Waals surface area contributed by atoms with Crippen molar-refractivity contribution in [3.05, 3.63) is 0 Å². The van der Waals surface area contributed by atoms with Crippen LogP contribution in [0.2, 0.25) is 0 Å². The molecule has 1 unspecified atom stereocenters. The minimum atomic E-state index is -2.17. The molecule has 16 heavy (non-hydrogen) atoms. The summed E-state index contributed by atoms with van der Waals surface area (Å²) < 4.78 is 8.96. The van der Waals surface area contributed by atoms with Crippen molar-refractivity contribution in [2.45, 2.75) is 20.0 Å². The fraction of sp³-hybridized carbons (Fsp3) is 0.667. The first-order valence-corrected chi connectivity index (χ1v) is 4.69. The van der Waals surface area contributed by atoms with Crippen molar-refractivity contribution in [2.75, 3.05) is 13.2 Å². The largest absolute Gasteiger partial charge is 0.479 e. The third-order valence-corrected chi connectivity index (χ3v) is 1.65. The second-order valence-corrected chi connectivity index (χ2v) is 2.76. The standard InChI is InChI=1S/C9H14O7/c1-3-15-8(13)5(6(10)7(11)12)9(14)16-4-2/h5-6,10H,3-4H2,1-2H3,(H,11,12). The Labute approximate surface area is 92.0 Å². The summed E-state index contributed by atoms with van der Waals surface area (Å²) in [5.74, 6) is -5.77. The smallest absolute Gasteiger partial charge is 0.334 e. The third-order valence-electron chi connectivity index (χ3n) is 1.65. The minimum absolute atomic E-state index is 0.0267. The molecule has 0 radical (unpaired) electrons. The summed E-state index contributed by atoms with van der Waals surface area (Å²) >= 11 is 0. The van der Waals surface area contributed by atoms with E-state index in [-0.39, 0.29) is 13.2 Å². The van der Waals surface area contributed by atoms with Crippen LogP contribution in [0.1, 0.15) is 13.8 Å². The molecule has 0 saturated heterocycles. The van der Waals surface area contributed by atoms with Crippen LogP contribution >= 0.6 is 0 Å². The van der Waals surface area contributed by atoms with Gasteiger partial charge in [0.1, 0.15) is 0 Å². The van der Waals surface area contributed by atoms with Crippen LogP contribution < -0.4 is 0 Å². The van der Waals surface area contributed by atoms with Gasteiger partial charge in [0.25, 0.3) is 0 Å². The first kappa shape index (κ1) is 14.4. The lowest BCUT2D eigenvalue weighted by molar-refractivity contribution is -0.174. The van der Waals surface area contributed by atoms with Crippen molar-refractivity contribution >= 4 is 17.9 Å². The first-order chi connectivity index (χ1) is 7.45. The van der Waals surface area contributed by atoms with Gasteiger partial charge in [-0.3, -0.25) is 9.59 Å². The number of hydrogen-bond acceptors (Lipinski definition) is 6. The maximum absolute atomic E-state index is 11.3. The van der Waals surface area contributed by atoms with Crippen LogP contribution in [0.5, 0.6) is 0 Å². The molecular formula is C9H14O7. The van der Waals surface area contributed by atoms with Crippen molar-refractivity contribution < 1.29 is 34.1 Å². The van der Waals surface area contributed by atoms with E-state index in [1.165, 1.54) is 13.8 Å². The molecule has 0 aliphatic heterocycles. The number of rotatable bonds is 6. The highest BCUT2D eigenvalue weighted by Crippen LogP contribution is 2.10. The van der Waals surface area contributed by atoms with Crippen LogP contribution in [0, 0.1) is 5.92 Å². The van der Waals surface area contributed by atoms with E-state index in [0.29, 0.717) is 0 Å². The molecule has 0 fully saturated rings. The molecule has 0 rings (SSSR count). The Morgan fingerprint density at radius 3 is 1.69 bits per heavy atom. The highest BCUT2D eigenvalue weighted by molar-refractivity contribution is 5.99. The zero-order chi connectivity index (χ0) is 12.7. The molecule has 0 spiro atoms. The Balaban J connectivity index is 4.82. The molecule has 0 aromatic heterocycles. The van der Waals surface area contributed by atoms with Crippen LogP contribution in [0.4, 0.5) is 0 Å². The summed E-state index contributed by atoms with van der Waals surface area (Å²) in [6.45, 7) is 2.93. The van der Waals surface area contributed by atoms with Crippen molar-refractivity contribution in [1.29, 1.82) is 0 Å². The molecule has 92 valence electrons. The van der Waals surface area contributed by atoms with E-state index in [1.54, 1.807) is 0 Å². The van der Waals surface area contributed by atoms with Gasteiger partial charge >= 0.3 is 17.9 Å². The van der Waals surface area contributed by atoms with Gasteiger partial charge in [-0.2, -0.15) is 0 Å². The number of aliphatic carboxylic acids is 1. The van der Waals surface area contributed by atoms with Crippen molar-refractivity contribution in [2.24, 2.45) is 5.92 Å². The minimum Gasteiger partial charge on any atom is -0.479 e. The van der Waals surface area contributed by atoms with Crippen LogP contribution in [-0.2, 0) is 23.9 Å². The van der Waals surface area contributed by atoms with Crippen molar-refractivity contribution in [3.8, 4) is 0 Å². The molecule has 1 atom stereocenters.